The first kappa shape index (κ1) is 12.7. The third-order valence-corrected chi connectivity index (χ3v) is 2.79. The van der Waals surface area contributed by atoms with Crippen molar-refractivity contribution >= 4 is 0 Å². The molecule has 18 heavy (non-hydrogen) atoms. The Morgan fingerprint density at radius 1 is 1.28 bits per heavy atom. The molecule has 0 spiro atoms. The lowest BCUT2D eigenvalue weighted by molar-refractivity contribution is 0.202. The molecule has 2 rings (SSSR count). The van der Waals surface area contributed by atoms with E-state index < -0.39 is 17.7 Å². The van der Waals surface area contributed by atoms with Crippen molar-refractivity contribution < 1.29 is 13.9 Å². The summed E-state index contributed by atoms with van der Waals surface area (Å²) in [5, 5.41) is 10.1. The van der Waals surface area contributed by atoms with Gasteiger partial charge in [0.2, 0.25) is 0 Å². The lowest BCUT2D eigenvalue weighted by atomic mass is 10.1. The van der Waals surface area contributed by atoms with Crippen LogP contribution in [0.1, 0.15) is 37.3 Å². The fourth-order valence-corrected chi connectivity index (χ4v) is 1.84. The molecule has 1 unspecified atom stereocenters. The van der Waals surface area contributed by atoms with Gasteiger partial charge in [0, 0.05) is 11.6 Å². The first-order valence-electron chi connectivity index (χ1n) is 5.65. The van der Waals surface area contributed by atoms with Crippen molar-refractivity contribution in [3.8, 4) is 0 Å². The van der Waals surface area contributed by atoms with Crippen LogP contribution in [0, 0.1) is 11.6 Å². The van der Waals surface area contributed by atoms with Crippen LogP contribution < -0.4 is 0 Å². The van der Waals surface area contributed by atoms with Crippen LogP contribution >= 0.6 is 0 Å². The summed E-state index contributed by atoms with van der Waals surface area (Å²) in [5.41, 5.74) is 0.354. The van der Waals surface area contributed by atoms with Gasteiger partial charge in [0.15, 0.2) is 0 Å². The number of hydrogen-bond donors (Lipinski definition) is 1. The Kier molecular flexibility index (Phi) is 3.43. The highest BCUT2D eigenvalue weighted by Gasteiger charge is 2.20. The number of benzene rings is 1. The summed E-state index contributed by atoms with van der Waals surface area (Å²) >= 11 is 0. The van der Waals surface area contributed by atoms with Gasteiger partial charge in [-0.2, -0.15) is 0 Å². The molecule has 1 atom stereocenters. The molecule has 1 aromatic carbocycles. The summed E-state index contributed by atoms with van der Waals surface area (Å²) in [6.45, 7) is 3.83. The fraction of sp³-hybridized carbons (Fsp3) is 0.308. The molecule has 0 radical (unpaired) electrons. The van der Waals surface area contributed by atoms with Gasteiger partial charge in [0.25, 0.3) is 0 Å². The van der Waals surface area contributed by atoms with Crippen molar-refractivity contribution in [2.24, 2.45) is 0 Å². The lowest BCUT2D eigenvalue weighted by Gasteiger charge is -2.17. The predicted molar refractivity (Wildman–Crippen MR) is 63.0 cm³/mol. The normalized spacial score (nSPS) is 13.0. The van der Waals surface area contributed by atoms with Crippen molar-refractivity contribution in [3.63, 3.8) is 0 Å². The number of aliphatic hydroxyl groups excluding tert-OH is 1. The second kappa shape index (κ2) is 4.86. The molecule has 0 saturated carbocycles. The van der Waals surface area contributed by atoms with Crippen LogP contribution in [0.3, 0.4) is 0 Å². The van der Waals surface area contributed by atoms with Crippen LogP contribution in [0.15, 0.2) is 30.7 Å². The summed E-state index contributed by atoms with van der Waals surface area (Å²) in [7, 11) is 0. The highest BCUT2D eigenvalue weighted by atomic mass is 19.1. The Hall–Kier alpha value is -1.75. The summed E-state index contributed by atoms with van der Waals surface area (Å²) in [5.74, 6) is -1.22. The lowest BCUT2D eigenvalue weighted by Crippen LogP contribution is -2.11. The number of aliphatic hydroxyl groups is 1. The number of nitrogens with zero attached hydrogens (tertiary/aromatic N) is 2. The summed E-state index contributed by atoms with van der Waals surface area (Å²) in [6, 6.07) is 3.10. The summed E-state index contributed by atoms with van der Waals surface area (Å²) in [6.07, 6.45) is 1.78. The van der Waals surface area contributed by atoms with E-state index in [1.54, 1.807) is 10.9 Å². The second-order valence-electron chi connectivity index (χ2n) is 4.39. The topological polar surface area (TPSA) is 38.0 Å². The van der Waals surface area contributed by atoms with E-state index in [4.69, 9.17) is 0 Å². The molecule has 0 fully saturated rings. The van der Waals surface area contributed by atoms with Gasteiger partial charge in [-0.3, -0.25) is 0 Å². The number of halogens is 2. The first-order chi connectivity index (χ1) is 8.50. The highest BCUT2D eigenvalue weighted by molar-refractivity contribution is 5.27. The quantitative estimate of drug-likeness (QED) is 0.912. The Morgan fingerprint density at radius 3 is 2.67 bits per heavy atom. The Morgan fingerprint density at radius 2 is 2.00 bits per heavy atom. The van der Waals surface area contributed by atoms with Crippen molar-refractivity contribution in [2.45, 2.75) is 26.0 Å². The van der Waals surface area contributed by atoms with Crippen LogP contribution in [0.4, 0.5) is 8.78 Å². The Balaban J connectivity index is 2.44. The minimum absolute atomic E-state index is 0.0776. The van der Waals surface area contributed by atoms with E-state index in [2.05, 4.69) is 4.98 Å². The maximum Gasteiger partial charge on any atom is 0.129 e. The Labute approximate surface area is 104 Å². The molecule has 0 amide bonds. The van der Waals surface area contributed by atoms with Crippen LogP contribution in [-0.2, 0) is 0 Å². The van der Waals surface area contributed by atoms with Gasteiger partial charge in [-0.05, 0) is 32.0 Å². The van der Waals surface area contributed by atoms with Gasteiger partial charge >= 0.3 is 0 Å². The molecular weight excluding hydrogens is 238 g/mol. The van der Waals surface area contributed by atoms with E-state index in [1.807, 2.05) is 13.8 Å². The minimum atomic E-state index is -1.23. The van der Waals surface area contributed by atoms with Crippen molar-refractivity contribution in [3.05, 3.63) is 53.6 Å². The number of imidazole rings is 1. The van der Waals surface area contributed by atoms with E-state index in [1.165, 1.54) is 6.20 Å². The monoisotopic (exact) mass is 252 g/mol. The zero-order valence-corrected chi connectivity index (χ0v) is 10.1. The smallest absolute Gasteiger partial charge is 0.129 e. The molecule has 2 aromatic rings. The van der Waals surface area contributed by atoms with Gasteiger partial charge in [0.1, 0.15) is 17.7 Å². The molecule has 1 aromatic heterocycles. The average Bonchev–Trinajstić information content (AvgIpc) is 2.80. The predicted octanol–water partition coefficient (Wildman–Crippen LogP) is 2.82. The van der Waals surface area contributed by atoms with Crippen molar-refractivity contribution in [1.82, 2.24) is 9.55 Å². The highest BCUT2D eigenvalue weighted by Crippen LogP contribution is 2.26. The molecule has 96 valence electrons. The van der Waals surface area contributed by atoms with Crippen LogP contribution in [0.2, 0.25) is 0 Å². The molecule has 0 aliphatic carbocycles. The number of rotatable bonds is 3. The van der Waals surface area contributed by atoms with E-state index >= 15 is 0 Å². The zero-order valence-electron chi connectivity index (χ0n) is 10.1. The molecule has 3 nitrogen and oxygen atoms in total. The molecule has 0 aliphatic heterocycles. The van der Waals surface area contributed by atoms with E-state index in [0.717, 1.165) is 18.2 Å². The third kappa shape index (κ3) is 2.26. The van der Waals surface area contributed by atoms with E-state index in [9.17, 15) is 13.9 Å². The molecule has 5 heteroatoms. The second-order valence-corrected chi connectivity index (χ2v) is 4.39. The Bertz CT molecular complexity index is 552. The van der Waals surface area contributed by atoms with Crippen LogP contribution in [0.5, 0.6) is 0 Å². The maximum absolute atomic E-state index is 13.6. The number of hydrogen-bond acceptors (Lipinski definition) is 2. The molecule has 1 heterocycles. The van der Waals surface area contributed by atoms with Crippen LogP contribution in [-0.4, -0.2) is 14.7 Å². The standard InChI is InChI=1S/C13H14F2N2O/c1-8(2)17-7-16-6-12(17)13(18)10-5-9(14)3-4-11(10)15/h3-8,13,18H,1-2H3. The summed E-state index contributed by atoms with van der Waals surface area (Å²) in [4.78, 5) is 3.93. The van der Waals surface area contributed by atoms with Crippen LogP contribution in [0.25, 0.3) is 0 Å². The fourth-order valence-electron chi connectivity index (χ4n) is 1.84. The summed E-state index contributed by atoms with van der Waals surface area (Å²) < 4.78 is 28.4. The first-order valence-corrected chi connectivity index (χ1v) is 5.65. The molecule has 1 N–H and O–H groups in total. The molecule has 0 aliphatic rings. The van der Waals surface area contributed by atoms with Gasteiger partial charge in [-0.1, -0.05) is 0 Å². The molecular formula is C13H14F2N2O. The number of aromatic nitrogens is 2. The van der Waals surface area contributed by atoms with Gasteiger partial charge < -0.3 is 9.67 Å². The zero-order chi connectivity index (χ0) is 13.3. The van der Waals surface area contributed by atoms with Gasteiger partial charge in [-0.15, -0.1) is 0 Å². The van der Waals surface area contributed by atoms with E-state index in [-0.39, 0.29) is 11.6 Å². The van der Waals surface area contributed by atoms with Crippen molar-refractivity contribution in [1.29, 1.82) is 0 Å². The van der Waals surface area contributed by atoms with Crippen molar-refractivity contribution in [2.75, 3.05) is 0 Å². The largest absolute Gasteiger partial charge is 0.382 e. The SMILES string of the molecule is CC(C)n1cncc1C(O)c1cc(F)ccc1F. The minimum Gasteiger partial charge on any atom is -0.382 e. The average molecular weight is 252 g/mol. The maximum atomic E-state index is 13.6. The van der Waals surface area contributed by atoms with E-state index in [0.29, 0.717) is 5.69 Å². The van der Waals surface area contributed by atoms with Gasteiger partial charge in [-0.25, -0.2) is 13.8 Å². The third-order valence-electron chi connectivity index (χ3n) is 2.79. The molecule has 0 saturated heterocycles. The van der Waals surface area contributed by atoms with Gasteiger partial charge in [0.05, 0.1) is 18.2 Å². The molecule has 0 bridgehead atoms.